The molecular weight excluding hydrogens is 360 g/mol. The lowest BCUT2D eigenvalue weighted by atomic mass is 10.1. The Morgan fingerprint density at radius 1 is 1.07 bits per heavy atom. The van der Waals surface area contributed by atoms with Crippen molar-refractivity contribution in [2.45, 2.75) is 6.54 Å². The summed E-state index contributed by atoms with van der Waals surface area (Å²) in [5.41, 5.74) is 1.43. The van der Waals surface area contributed by atoms with Crippen LogP contribution in [-0.4, -0.2) is 27.2 Å². The first-order chi connectivity index (χ1) is 13.7. The lowest BCUT2D eigenvalue weighted by Crippen LogP contribution is -2.31. The molecule has 4 aromatic rings. The molecule has 1 amide bonds. The average molecular weight is 376 g/mol. The predicted molar refractivity (Wildman–Crippen MR) is 100 cm³/mol. The Labute approximate surface area is 159 Å². The van der Waals surface area contributed by atoms with Gasteiger partial charge >= 0.3 is 0 Å². The van der Waals surface area contributed by atoms with Crippen LogP contribution in [0.4, 0.5) is 0 Å². The van der Waals surface area contributed by atoms with Gasteiger partial charge in [0.25, 0.3) is 11.5 Å². The molecule has 0 saturated heterocycles. The van der Waals surface area contributed by atoms with Crippen molar-refractivity contribution >= 4 is 5.91 Å². The molecule has 0 unspecified atom stereocenters. The van der Waals surface area contributed by atoms with E-state index < -0.39 is 5.91 Å². The molecule has 3 aromatic heterocycles. The first-order valence-corrected chi connectivity index (χ1v) is 8.61. The second-order valence-electron chi connectivity index (χ2n) is 5.98. The third kappa shape index (κ3) is 3.75. The van der Waals surface area contributed by atoms with Gasteiger partial charge in [-0.1, -0.05) is 35.5 Å². The van der Waals surface area contributed by atoms with Crippen molar-refractivity contribution in [1.29, 1.82) is 0 Å². The standard InChI is InChI=1S/C20H16N4O4/c25-19-12-15(14-5-2-1-3-6-14)22-13-24(19)9-8-21-20(26)16-11-18(28-23-16)17-7-4-10-27-17/h1-7,10-13H,8-9H2,(H,21,26). The van der Waals surface area contributed by atoms with Crippen molar-refractivity contribution in [2.24, 2.45) is 0 Å². The van der Waals surface area contributed by atoms with E-state index in [0.717, 1.165) is 5.56 Å². The van der Waals surface area contributed by atoms with Gasteiger partial charge in [0.2, 0.25) is 5.76 Å². The van der Waals surface area contributed by atoms with E-state index in [1.165, 1.54) is 29.3 Å². The molecule has 0 atom stereocenters. The van der Waals surface area contributed by atoms with Gasteiger partial charge in [-0.25, -0.2) is 4.98 Å². The highest BCUT2D eigenvalue weighted by Crippen LogP contribution is 2.20. The minimum absolute atomic E-state index is 0.135. The number of carbonyl (C=O) groups is 1. The average Bonchev–Trinajstić information content (AvgIpc) is 3.41. The van der Waals surface area contributed by atoms with Crippen LogP contribution in [0.3, 0.4) is 0 Å². The lowest BCUT2D eigenvalue weighted by Gasteiger charge is -2.07. The van der Waals surface area contributed by atoms with Gasteiger partial charge in [-0.2, -0.15) is 0 Å². The van der Waals surface area contributed by atoms with Crippen molar-refractivity contribution in [1.82, 2.24) is 20.0 Å². The third-order valence-electron chi connectivity index (χ3n) is 4.09. The molecule has 0 spiro atoms. The molecule has 0 fully saturated rings. The van der Waals surface area contributed by atoms with Gasteiger partial charge in [-0.15, -0.1) is 0 Å². The molecule has 4 rings (SSSR count). The Balaban J connectivity index is 1.36. The van der Waals surface area contributed by atoms with Gasteiger partial charge < -0.3 is 14.3 Å². The zero-order chi connectivity index (χ0) is 19.3. The molecule has 0 aliphatic heterocycles. The summed E-state index contributed by atoms with van der Waals surface area (Å²) in [4.78, 5) is 28.8. The smallest absolute Gasteiger partial charge is 0.273 e. The summed E-state index contributed by atoms with van der Waals surface area (Å²) in [6.07, 6.45) is 2.98. The molecule has 28 heavy (non-hydrogen) atoms. The van der Waals surface area contributed by atoms with Crippen molar-refractivity contribution < 1.29 is 13.7 Å². The number of aromatic nitrogens is 3. The molecule has 8 nitrogen and oxygen atoms in total. The molecular formula is C20H16N4O4. The molecule has 8 heteroatoms. The highest BCUT2D eigenvalue weighted by molar-refractivity contribution is 5.92. The zero-order valence-corrected chi connectivity index (χ0v) is 14.7. The van der Waals surface area contributed by atoms with Crippen LogP contribution in [0.1, 0.15) is 10.5 Å². The Kier molecular flexibility index (Phi) is 4.83. The van der Waals surface area contributed by atoms with Crippen LogP contribution < -0.4 is 10.9 Å². The molecule has 140 valence electrons. The fourth-order valence-electron chi connectivity index (χ4n) is 2.66. The molecule has 0 aliphatic rings. The monoisotopic (exact) mass is 376 g/mol. The van der Waals surface area contributed by atoms with Gasteiger partial charge in [-0.3, -0.25) is 14.2 Å². The predicted octanol–water partition coefficient (Wildman–Crippen LogP) is 2.59. The normalized spacial score (nSPS) is 10.7. The second kappa shape index (κ2) is 7.75. The third-order valence-corrected chi connectivity index (χ3v) is 4.09. The molecule has 0 aliphatic carbocycles. The quantitative estimate of drug-likeness (QED) is 0.555. The van der Waals surface area contributed by atoms with E-state index in [1.54, 1.807) is 12.1 Å². The van der Waals surface area contributed by atoms with Crippen LogP contribution >= 0.6 is 0 Å². The number of carbonyl (C=O) groups excluding carboxylic acids is 1. The van der Waals surface area contributed by atoms with Crippen LogP contribution in [0, 0.1) is 0 Å². The van der Waals surface area contributed by atoms with Gasteiger partial charge in [0, 0.05) is 30.8 Å². The second-order valence-corrected chi connectivity index (χ2v) is 5.98. The Morgan fingerprint density at radius 3 is 2.68 bits per heavy atom. The van der Waals surface area contributed by atoms with Crippen molar-refractivity contribution in [3.63, 3.8) is 0 Å². The van der Waals surface area contributed by atoms with Gasteiger partial charge in [-0.05, 0) is 12.1 Å². The minimum atomic E-state index is -0.400. The minimum Gasteiger partial charge on any atom is -0.461 e. The van der Waals surface area contributed by atoms with Crippen molar-refractivity contribution in [2.75, 3.05) is 6.54 Å². The van der Waals surface area contributed by atoms with E-state index in [9.17, 15) is 9.59 Å². The lowest BCUT2D eigenvalue weighted by molar-refractivity contribution is 0.0943. The highest BCUT2D eigenvalue weighted by atomic mass is 16.5. The van der Waals surface area contributed by atoms with E-state index in [0.29, 0.717) is 17.2 Å². The maximum absolute atomic E-state index is 12.3. The summed E-state index contributed by atoms with van der Waals surface area (Å²) in [7, 11) is 0. The molecule has 1 N–H and O–H groups in total. The largest absolute Gasteiger partial charge is 0.461 e. The van der Waals surface area contributed by atoms with Crippen LogP contribution in [0.5, 0.6) is 0 Å². The first-order valence-electron chi connectivity index (χ1n) is 8.61. The molecule has 0 saturated carbocycles. The number of hydrogen-bond donors (Lipinski definition) is 1. The molecule has 0 bridgehead atoms. The summed E-state index contributed by atoms with van der Waals surface area (Å²) in [5.74, 6) is 0.457. The topological polar surface area (TPSA) is 103 Å². The number of furan rings is 1. The van der Waals surface area contributed by atoms with E-state index >= 15 is 0 Å². The highest BCUT2D eigenvalue weighted by Gasteiger charge is 2.14. The van der Waals surface area contributed by atoms with Crippen molar-refractivity contribution in [3.05, 3.63) is 83.2 Å². The molecule has 1 aromatic carbocycles. The Bertz CT molecular complexity index is 1130. The Hall–Kier alpha value is -3.94. The van der Waals surface area contributed by atoms with Crippen LogP contribution in [0.2, 0.25) is 0 Å². The van der Waals surface area contributed by atoms with Crippen LogP contribution in [0.25, 0.3) is 22.8 Å². The number of hydrogen-bond acceptors (Lipinski definition) is 6. The summed E-state index contributed by atoms with van der Waals surface area (Å²) in [6.45, 7) is 0.531. The Morgan fingerprint density at radius 2 is 1.93 bits per heavy atom. The summed E-state index contributed by atoms with van der Waals surface area (Å²) < 4.78 is 11.7. The fourth-order valence-corrected chi connectivity index (χ4v) is 2.66. The molecule has 3 heterocycles. The number of benzene rings is 1. The number of nitrogens with one attached hydrogen (secondary N) is 1. The van der Waals surface area contributed by atoms with Gasteiger partial charge in [0.1, 0.15) is 0 Å². The summed E-state index contributed by atoms with van der Waals surface area (Å²) in [5, 5.41) is 6.43. The summed E-state index contributed by atoms with van der Waals surface area (Å²) in [6, 6.07) is 15.9. The van der Waals surface area contributed by atoms with E-state index in [1.807, 2.05) is 30.3 Å². The SMILES string of the molecule is O=C(NCCn1cnc(-c2ccccc2)cc1=O)c1cc(-c2ccco2)on1. The van der Waals surface area contributed by atoms with Crippen LogP contribution in [0.15, 0.2) is 80.9 Å². The first kappa shape index (κ1) is 17.5. The zero-order valence-electron chi connectivity index (χ0n) is 14.7. The van der Waals surface area contributed by atoms with Gasteiger partial charge in [0.05, 0.1) is 18.3 Å². The number of rotatable bonds is 6. The van der Waals surface area contributed by atoms with Gasteiger partial charge in [0.15, 0.2) is 11.5 Å². The number of nitrogens with zero attached hydrogens (tertiary/aromatic N) is 3. The summed E-state index contributed by atoms with van der Waals surface area (Å²) >= 11 is 0. The molecule has 0 radical (unpaired) electrons. The van der Waals surface area contributed by atoms with Crippen molar-refractivity contribution in [3.8, 4) is 22.8 Å². The number of amides is 1. The fraction of sp³-hybridized carbons (Fsp3) is 0.100. The van der Waals surface area contributed by atoms with E-state index in [-0.39, 0.29) is 24.3 Å². The van der Waals surface area contributed by atoms with E-state index in [2.05, 4.69) is 15.5 Å². The maximum Gasteiger partial charge on any atom is 0.273 e. The van der Waals surface area contributed by atoms with E-state index in [4.69, 9.17) is 8.94 Å². The van der Waals surface area contributed by atoms with Crippen LogP contribution in [-0.2, 0) is 6.54 Å². The maximum atomic E-state index is 12.3.